The van der Waals surface area contributed by atoms with Crippen LogP contribution in [0.15, 0.2) is 41.4 Å². The number of hydrogen-bond donors (Lipinski definition) is 1. The van der Waals surface area contributed by atoms with Crippen LogP contribution >= 0.6 is 23.2 Å². The number of benzene rings is 1. The maximum absolute atomic E-state index is 12.4. The molecule has 0 unspecified atom stereocenters. The number of pyridine rings is 1. The Labute approximate surface area is 145 Å². The lowest BCUT2D eigenvalue weighted by Gasteiger charge is -2.15. The molecule has 1 aliphatic heterocycles. The van der Waals surface area contributed by atoms with Crippen LogP contribution in [0.4, 0.5) is 11.5 Å². The topological polar surface area (TPSA) is 62.3 Å². The van der Waals surface area contributed by atoms with E-state index < -0.39 is 10.0 Å². The van der Waals surface area contributed by atoms with Crippen LogP contribution in [0.2, 0.25) is 10.0 Å². The molecule has 1 aliphatic rings. The standard InChI is InChI=1S/C15H15Cl2N3O2S/c16-13-5-3-11(9-14(13)17)19-15-6-4-12(10-18-15)23(21,22)20-7-1-2-8-20/h3-6,9-10H,1-2,7-8H2,(H,18,19). The fourth-order valence-corrected chi connectivity index (χ4v) is 4.17. The summed E-state index contributed by atoms with van der Waals surface area (Å²) in [6, 6.07) is 8.32. The second-order valence-corrected chi connectivity index (χ2v) is 8.00. The quantitative estimate of drug-likeness (QED) is 0.884. The van der Waals surface area contributed by atoms with Gasteiger partial charge in [-0.1, -0.05) is 23.2 Å². The van der Waals surface area contributed by atoms with Crippen molar-refractivity contribution < 1.29 is 8.42 Å². The highest BCUT2D eigenvalue weighted by atomic mass is 35.5. The minimum atomic E-state index is -3.44. The third kappa shape index (κ3) is 3.61. The van der Waals surface area contributed by atoms with Gasteiger partial charge in [-0.3, -0.25) is 0 Å². The molecule has 8 heteroatoms. The molecule has 1 aromatic heterocycles. The van der Waals surface area contributed by atoms with E-state index in [0.29, 0.717) is 29.0 Å². The van der Waals surface area contributed by atoms with Crippen molar-refractivity contribution in [3.05, 3.63) is 46.6 Å². The maximum atomic E-state index is 12.4. The van der Waals surface area contributed by atoms with E-state index in [9.17, 15) is 8.42 Å². The van der Waals surface area contributed by atoms with Crippen molar-refractivity contribution in [2.75, 3.05) is 18.4 Å². The van der Waals surface area contributed by atoms with Crippen LogP contribution in [0.25, 0.3) is 0 Å². The van der Waals surface area contributed by atoms with Gasteiger partial charge in [0.25, 0.3) is 0 Å². The average Bonchev–Trinajstić information content (AvgIpc) is 3.07. The van der Waals surface area contributed by atoms with Gasteiger partial charge in [0.2, 0.25) is 10.0 Å². The highest BCUT2D eigenvalue weighted by molar-refractivity contribution is 7.89. The molecule has 1 fully saturated rings. The fourth-order valence-electron chi connectivity index (χ4n) is 2.41. The van der Waals surface area contributed by atoms with Crippen LogP contribution in [-0.4, -0.2) is 30.8 Å². The number of halogens is 2. The Balaban J connectivity index is 1.77. The molecule has 2 aromatic rings. The molecule has 0 radical (unpaired) electrons. The number of anilines is 2. The highest BCUT2D eigenvalue weighted by Gasteiger charge is 2.27. The average molecular weight is 372 g/mol. The Hall–Kier alpha value is -1.34. The Kier molecular flexibility index (Phi) is 4.77. The second-order valence-electron chi connectivity index (χ2n) is 5.24. The minimum absolute atomic E-state index is 0.207. The molecular weight excluding hydrogens is 357 g/mol. The Morgan fingerprint density at radius 3 is 2.39 bits per heavy atom. The zero-order valence-corrected chi connectivity index (χ0v) is 14.5. The van der Waals surface area contributed by atoms with Gasteiger partial charge in [-0.25, -0.2) is 13.4 Å². The molecule has 0 aliphatic carbocycles. The SMILES string of the molecule is O=S(=O)(c1ccc(Nc2ccc(Cl)c(Cl)c2)nc1)N1CCCC1. The van der Waals surface area contributed by atoms with E-state index in [0.717, 1.165) is 18.5 Å². The summed E-state index contributed by atoms with van der Waals surface area (Å²) >= 11 is 11.8. The van der Waals surface area contributed by atoms with Crippen LogP contribution in [0.5, 0.6) is 0 Å². The summed E-state index contributed by atoms with van der Waals surface area (Å²) < 4.78 is 26.3. The van der Waals surface area contributed by atoms with Gasteiger partial charge in [0.1, 0.15) is 10.7 Å². The first-order valence-electron chi connectivity index (χ1n) is 7.15. The molecule has 122 valence electrons. The first-order chi connectivity index (χ1) is 11.0. The smallest absolute Gasteiger partial charge is 0.244 e. The zero-order valence-electron chi connectivity index (χ0n) is 12.2. The molecule has 0 bridgehead atoms. The van der Waals surface area contributed by atoms with Crippen molar-refractivity contribution >= 4 is 44.7 Å². The number of hydrogen-bond acceptors (Lipinski definition) is 4. The largest absolute Gasteiger partial charge is 0.340 e. The molecule has 0 saturated carbocycles. The van der Waals surface area contributed by atoms with Crippen molar-refractivity contribution in [2.45, 2.75) is 17.7 Å². The summed E-state index contributed by atoms with van der Waals surface area (Å²) in [5.74, 6) is 0.531. The summed E-state index contributed by atoms with van der Waals surface area (Å²) in [6.07, 6.45) is 3.18. The molecular formula is C15H15Cl2N3O2S. The van der Waals surface area contributed by atoms with E-state index in [1.165, 1.54) is 10.5 Å². The molecule has 2 heterocycles. The van der Waals surface area contributed by atoms with Crippen LogP contribution in [0.1, 0.15) is 12.8 Å². The summed E-state index contributed by atoms with van der Waals surface area (Å²) in [5.41, 5.74) is 0.724. The van der Waals surface area contributed by atoms with Crippen molar-refractivity contribution in [1.29, 1.82) is 0 Å². The third-order valence-electron chi connectivity index (χ3n) is 3.63. The van der Waals surface area contributed by atoms with E-state index in [1.54, 1.807) is 30.3 Å². The second kappa shape index (κ2) is 6.65. The predicted octanol–water partition coefficient (Wildman–Crippen LogP) is 3.92. The monoisotopic (exact) mass is 371 g/mol. The van der Waals surface area contributed by atoms with Crippen molar-refractivity contribution in [3.63, 3.8) is 0 Å². The van der Waals surface area contributed by atoms with Crippen molar-refractivity contribution in [2.24, 2.45) is 0 Å². The molecule has 1 N–H and O–H groups in total. The molecule has 23 heavy (non-hydrogen) atoms. The van der Waals surface area contributed by atoms with E-state index in [4.69, 9.17) is 23.2 Å². The molecule has 0 atom stereocenters. The fraction of sp³-hybridized carbons (Fsp3) is 0.267. The van der Waals surface area contributed by atoms with Crippen molar-refractivity contribution in [3.8, 4) is 0 Å². The Morgan fingerprint density at radius 1 is 1.04 bits per heavy atom. The van der Waals surface area contributed by atoms with Gasteiger partial charge in [0, 0.05) is 25.0 Å². The summed E-state index contributed by atoms with van der Waals surface area (Å²) in [6.45, 7) is 1.15. The third-order valence-corrected chi connectivity index (χ3v) is 6.25. The van der Waals surface area contributed by atoms with Crippen molar-refractivity contribution in [1.82, 2.24) is 9.29 Å². The first-order valence-corrected chi connectivity index (χ1v) is 9.35. The first kappa shape index (κ1) is 16.5. The number of nitrogens with zero attached hydrogens (tertiary/aromatic N) is 2. The van der Waals surface area contributed by atoms with Gasteiger partial charge < -0.3 is 5.32 Å². The van der Waals surface area contributed by atoms with E-state index in [-0.39, 0.29) is 4.90 Å². The Morgan fingerprint density at radius 2 is 1.78 bits per heavy atom. The van der Waals surface area contributed by atoms with Gasteiger partial charge in [-0.05, 0) is 43.2 Å². The summed E-state index contributed by atoms with van der Waals surface area (Å²) in [7, 11) is -3.44. The lowest BCUT2D eigenvalue weighted by molar-refractivity contribution is 0.477. The lowest BCUT2D eigenvalue weighted by atomic mass is 10.3. The molecule has 1 aromatic carbocycles. The predicted molar refractivity (Wildman–Crippen MR) is 92.0 cm³/mol. The summed E-state index contributed by atoms with van der Waals surface area (Å²) in [5, 5.41) is 3.96. The van der Waals surface area contributed by atoms with Gasteiger partial charge in [-0.15, -0.1) is 0 Å². The number of sulfonamides is 1. The highest BCUT2D eigenvalue weighted by Crippen LogP contribution is 2.27. The lowest BCUT2D eigenvalue weighted by Crippen LogP contribution is -2.27. The van der Waals surface area contributed by atoms with E-state index in [1.807, 2.05) is 0 Å². The van der Waals surface area contributed by atoms with Gasteiger partial charge >= 0.3 is 0 Å². The number of aromatic nitrogens is 1. The van der Waals surface area contributed by atoms with Gasteiger partial charge in [0.15, 0.2) is 0 Å². The zero-order chi connectivity index (χ0) is 16.4. The van der Waals surface area contributed by atoms with E-state index in [2.05, 4.69) is 10.3 Å². The molecule has 1 saturated heterocycles. The van der Waals surface area contributed by atoms with Gasteiger partial charge in [-0.2, -0.15) is 4.31 Å². The minimum Gasteiger partial charge on any atom is -0.340 e. The van der Waals surface area contributed by atoms with Crippen LogP contribution in [-0.2, 0) is 10.0 Å². The van der Waals surface area contributed by atoms with Crippen LogP contribution in [0, 0.1) is 0 Å². The Bertz CT molecular complexity index is 804. The number of rotatable bonds is 4. The molecule has 0 amide bonds. The normalized spacial score (nSPS) is 15.7. The molecule has 0 spiro atoms. The van der Waals surface area contributed by atoms with Gasteiger partial charge in [0.05, 0.1) is 10.0 Å². The summed E-state index contributed by atoms with van der Waals surface area (Å²) in [4.78, 5) is 4.38. The van der Waals surface area contributed by atoms with E-state index >= 15 is 0 Å². The van der Waals surface area contributed by atoms with Crippen LogP contribution < -0.4 is 5.32 Å². The van der Waals surface area contributed by atoms with Crippen LogP contribution in [0.3, 0.4) is 0 Å². The maximum Gasteiger partial charge on any atom is 0.244 e. The molecule has 3 rings (SSSR count). The number of nitrogens with one attached hydrogen (secondary N) is 1. The molecule has 5 nitrogen and oxygen atoms in total.